The van der Waals surface area contributed by atoms with E-state index in [1.165, 1.54) is 6.07 Å². The van der Waals surface area contributed by atoms with Crippen LogP contribution in [-0.4, -0.2) is 23.4 Å². The number of ether oxygens (including phenoxy) is 1. The minimum atomic E-state index is -0.0473. The van der Waals surface area contributed by atoms with Gasteiger partial charge in [-0.2, -0.15) is 0 Å². The van der Waals surface area contributed by atoms with Crippen LogP contribution in [0.4, 0.5) is 11.4 Å². The van der Waals surface area contributed by atoms with Gasteiger partial charge in [0, 0.05) is 18.8 Å². The van der Waals surface area contributed by atoms with E-state index in [0.717, 1.165) is 29.9 Å². The Bertz CT molecular complexity index is 1000. The molecule has 0 unspecified atom stereocenters. The molecule has 0 aliphatic heterocycles. The summed E-state index contributed by atoms with van der Waals surface area (Å²) in [5, 5.41) is 19.7. The third-order valence-corrected chi connectivity index (χ3v) is 4.02. The molecule has 0 heterocycles. The van der Waals surface area contributed by atoms with E-state index in [4.69, 9.17) is 16.2 Å². The van der Waals surface area contributed by atoms with Crippen LogP contribution in [0, 0.1) is 11.8 Å². The van der Waals surface area contributed by atoms with Gasteiger partial charge in [-0.15, -0.1) is 0 Å². The van der Waals surface area contributed by atoms with Gasteiger partial charge in [0.25, 0.3) is 0 Å². The Balaban J connectivity index is 0.000000537. The quantitative estimate of drug-likeness (QED) is 0.302. The molecule has 6 N–H and O–H groups in total. The van der Waals surface area contributed by atoms with Gasteiger partial charge in [-0.05, 0) is 61.4 Å². The van der Waals surface area contributed by atoms with Crippen molar-refractivity contribution in [1.82, 2.24) is 0 Å². The zero-order valence-corrected chi connectivity index (χ0v) is 16.6. The van der Waals surface area contributed by atoms with E-state index >= 15 is 0 Å². The van der Waals surface area contributed by atoms with Crippen molar-refractivity contribution in [2.75, 3.05) is 24.7 Å². The maximum absolute atomic E-state index is 10.2. The maximum Gasteiger partial charge on any atom is 0.154 e. The molecular formula is C24H26N2O3. The van der Waals surface area contributed by atoms with Crippen molar-refractivity contribution in [1.29, 1.82) is 0 Å². The summed E-state index contributed by atoms with van der Waals surface area (Å²) in [6, 6.07) is 17.8. The summed E-state index contributed by atoms with van der Waals surface area (Å²) in [6.07, 6.45) is 0. The monoisotopic (exact) mass is 390 g/mol. The lowest BCUT2D eigenvalue weighted by Crippen LogP contribution is -1.92. The Morgan fingerprint density at radius 2 is 1.45 bits per heavy atom. The second-order valence-corrected chi connectivity index (χ2v) is 6.13. The highest BCUT2D eigenvalue weighted by Gasteiger charge is 2.09. The molecule has 0 bridgehead atoms. The normalized spacial score (nSPS) is 9.72. The largest absolute Gasteiger partial charge is 0.506 e. The van der Waals surface area contributed by atoms with Gasteiger partial charge < -0.3 is 26.4 Å². The number of nitrogens with two attached hydrogens (primary N) is 2. The first-order chi connectivity index (χ1) is 14.0. The fourth-order valence-electron chi connectivity index (χ4n) is 2.52. The van der Waals surface area contributed by atoms with Crippen molar-refractivity contribution in [2.24, 2.45) is 0 Å². The number of aromatic hydroxyl groups is 2. The van der Waals surface area contributed by atoms with E-state index in [1.807, 2.05) is 44.2 Å². The van der Waals surface area contributed by atoms with Gasteiger partial charge in [0.15, 0.2) is 5.75 Å². The highest BCUT2D eigenvalue weighted by Crippen LogP contribution is 2.33. The smallest absolute Gasteiger partial charge is 0.154 e. The van der Waals surface area contributed by atoms with E-state index in [-0.39, 0.29) is 22.9 Å². The zero-order valence-electron chi connectivity index (χ0n) is 16.6. The molecule has 0 radical (unpaired) electrons. The Morgan fingerprint density at radius 1 is 0.793 bits per heavy atom. The lowest BCUT2D eigenvalue weighted by molar-refractivity contribution is 0.162. The van der Waals surface area contributed by atoms with Crippen molar-refractivity contribution in [3.8, 4) is 34.5 Å². The van der Waals surface area contributed by atoms with Crippen LogP contribution >= 0.6 is 0 Å². The molecule has 3 aromatic carbocycles. The van der Waals surface area contributed by atoms with Gasteiger partial charge >= 0.3 is 0 Å². The number of hydrogen-bond donors (Lipinski definition) is 4. The summed E-state index contributed by atoms with van der Waals surface area (Å²) in [4.78, 5) is 0. The highest BCUT2D eigenvalue weighted by molar-refractivity contribution is 5.77. The average Bonchev–Trinajstić information content (AvgIpc) is 2.73. The van der Waals surface area contributed by atoms with Crippen LogP contribution in [0.2, 0.25) is 0 Å². The summed E-state index contributed by atoms with van der Waals surface area (Å²) in [5.41, 5.74) is 15.0. The summed E-state index contributed by atoms with van der Waals surface area (Å²) < 4.78 is 4.83. The van der Waals surface area contributed by atoms with Crippen LogP contribution in [0.3, 0.4) is 0 Å². The van der Waals surface area contributed by atoms with Gasteiger partial charge in [0.1, 0.15) is 5.75 Å². The molecule has 0 atom stereocenters. The lowest BCUT2D eigenvalue weighted by atomic mass is 10.0. The van der Waals surface area contributed by atoms with Gasteiger partial charge in [0.05, 0.1) is 16.9 Å². The van der Waals surface area contributed by atoms with Gasteiger partial charge in [-0.3, -0.25) is 0 Å². The van der Waals surface area contributed by atoms with E-state index in [0.29, 0.717) is 5.56 Å². The number of nitrogen functional groups attached to an aromatic ring is 2. The summed E-state index contributed by atoms with van der Waals surface area (Å²) in [7, 11) is 0. The second-order valence-electron chi connectivity index (χ2n) is 6.13. The minimum Gasteiger partial charge on any atom is -0.506 e. The first kappa shape index (κ1) is 21.7. The van der Waals surface area contributed by atoms with E-state index < -0.39 is 0 Å². The molecule has 150 valence electrons. The molecule has 0 saturated heterocycles. The van der Waals surface area contributed by atoms with E-state index in [9.17, 15) is 10.2 Å². The molecule has 3 rings (SSSR count). The second kappa shape index (κ2) is 10.6. The van der Waals surface area contributed by atoms with Gasteiger partial charge in [-0.1, -0.05) is 36.1 Å². The highest BCUT2D eigenvalue weighted by atomic mass is 16.5. The number of phenols is 2. The standard InChI is InChI=1S/C20H16N2O2.C4H10O/c21-17-11-14(8-9-19(17)23)16-10-15(20(24)18(22)12-16)7-6-13-4-2-1-3-5-13;1-3-5-4-2/h1-5,8-12,23-24H,21-22H2;3-4H2,1-2H3. The number of anilines is 2. The van der Waals surface area contributed by atoms with Crippen molar-refractivity contribution in [3.63, 3.8) is 0 Å². The summed E-state index contributed by atoms with van der Waals surface area (Å²) in [6.45, 7) is 5.67. The van der Waals surface area contributed by atoms with Crippen LogP contribution in [-0.2, 0) is 4.74 Å². The van der Waals surface area contributed by atoms with Crippen molar-refractivity contribution in [3.05, 3.63) is 71.8 Å². The van der Waals surface area contributed by atoms with Crippen molar-refractivity contribution in [2.45, 2.75) is 13.8 Å². The number of hydrogen-bond acceptors (Lipinski definition) is 5. The van der Waals surface area contributed by atoms with Gasteiger partial charge in [0.2, 0.25) is 0 Å². The first-order valence-electron chi connectivity index (χ1n) is 9.32. The molecule has 29 heavy (non-hydrogen) atoms. The zero-order chi connectivity index (χ0) is 21.2. The number of benzene rings is 3. The fourth-order valence-corrected chi connectivity index (χ4v) is 2.52. The summed E-state index contributed by atoms with van der Waals surface area (Å²) in [5.74, 6) is 5.92. The number of rotatable bonds is 3. The maximum atomic E-state index is 10.2. The topological polar surface area (TPSA) is 102 Å². The van der Waals surface area contributed by atoms with Crippen LogP contribution < -0.4 is 11.5 Å². The SMILES string of the molecule is CCOCC.Nc1cc(-c2cc(N)c(O)c(C#Cc3ccccc3)c2)ccc1O. The molecule has 0 spiro atoms. The third-order valence-electron chi connectivity index (χ3n) is 4.02. The van der Waals surface area contributed by atoms with Crippen LogP contribution in [0.15, 0.2) is 60.7 Å². The minimum absolute atomic E-state index is 0.0228. The molecular weight excluding hydrogens is 364 g/mol. The number of phenolic OH excluding ortho intramolecular Hbond substituents is 2. The summed E-state index contributed by atoms with van der Waals surface area (Å²) >= 11 is 0. The van der Waals surface area contributed by atoms with Crippen LogP contribution in [0.5, 0.6) is 11.5 Å². The fraction of sp³-hybridized carbons (Fsp3) is 0.167. The van der Waals surface area contributed by atoms with Crippen molar-refractivity contribution >= 4 is 11.4 Å². The molecule has 5 heteroatoms. The Hall–Kier alpha value is -3.62. The molecule has 0 amide bonds. The first-order valence-corrected chi connectivity index (χ1v) is 9.32. The molecule has 3 aromatic rings. The molecule has 0 aromatic heterocycles. The van der Waals surface area contributed by atoms with E-state index in [2.05, 4.69) is 11.8 Å². The molecule has 0 aliphatic carbocycles. The lowest BCUT2D eigenvalue weighted by Gasteiger charge is -2.09. The van der Waals surface area contributed by atoms with E-state index in [1.54, 1.807) is 24.3 Å². The Morgan fingerprint density at radius 3 is 2.03 bits per heavy atom. The van der Waals surface area contributed by atoms with Crippen LogP contribution in [0.1, 0.15) is 25.0 Å². The predicted molar refractivity (Wildman–Crippen MR) is 119 cm³/mol. The third kappa shape index (κ3) is 6.20. The Kier molecular flexibility index (Phi) is 7.96. The molecule has 0 aliphatic rings. The average molecular weight is 390 g/mol. The van der Waals surface area contributed by atoms with Gasteiger partial charge in [-0.25, -0.2) is 0 Å². The molecule has 0 saturated carbocycles. The predicted octanol–water partition coefficient (Wildman–Crippen LogP) is 4.37. The Labute approximate surface area is 171 Å². The van der Waals surface area contributed by atoms with Crippen LogP contribution in [0.25, 0.3) is 11.1 Å². The molecule has 0 fully saturated rings. The molecule has 5 nitrogen and oxygen atoms in total. The van der Waals surface area contributed by atoms with Crippen molar-refractivity contribution < 1.29 is 14.9 Å².